The molecule has 0 radical (unpaired) electrons. The van der Waals surface area contributed by atoms with Crippen molar-refractivity contribution in [3.63, 3.8) is 0 Å². The lowest BCUT2D eigenvalue weighted by atomic mass is 10.1. The van der Waals surface area contributed by atoms with E-state index in [2.05, 4.69) is 11.9 Å². The number of quaternary nitrogens is 1. The average molecular weight is 411 g/mol. The largest absolute Gasteiger partial charge is 0.477 e. The van der Waals surface area contributed by atoms with Gasteiger partial charge >= 0.3 is 5.97 Å². The summed E-state index contributed by atoms with van der Waals surface area (Å²) in [6.45, 7) is 5.13. The molecular weight excluding hydrogens is 370 g/mol. The number of unbranched alkanes of at least 4 members (excludes halogenated alkanes) is 8. The van der Waals surface area contributed by atoms with E-state index in [0.717, 1.165) is 32.2 Å². The highest BCUT2D eigenvalue weighted by molar-refractivity contribution is 5.90. The molecule has 0 atom stereocenters. The molecule has 0 aromatic rings. The number of carbonyl (C=O) groups is 3. The maximum absolute atomic E-state index is 11.6. The average Bonchev–Trinajstić information content (AvgIpc) is 2.65. The van der Waals surface area contributed by atoms with E-state index < -0.39 is 5.97 Å². The summed E-state index contributed by atoms with van der Waals surface area (Å²) in [6, 6.07) is 0. The van der Waals surface area contributed by atoms with Crippen LogP contribution in [0.5, 0.6) is 0 Å². The van der Waals surface area contributed by atoms with E-state index in [1.807, 2.05) is 14.1 Å². The van der Waals surface area contributed by atoms with Crippen molar-refractivity contribution in [2.24, 2.45) is 0 Å². The highest BCUT2D eigenvalue weighted by atomic mass is 16.4. The summed E-state index contributed by atoms with van der Waals surface area (Å²) >= 11 is 0. The lowest BCUT2D eigenvalue weighted by molar-refractivity contribution is -0.883. The molecule has 0 bridgehead atoms. The van der Waals surface area contributed by atoms with Gasteiger partial charge < -0.3 is 19.8 Å². The van der Waals surface area contributed by atoms with E-state index in [0.29, 0.717) is 11.0 Å². The number of hydrogen-bond acceptors (Lipinski definition) is 3. The molecule has 0 rings (SSSR count). The summed E-state index contributed by atoms with van der Waals surface area (Å²) < 4.78 is 0.547. The standard InChI is InChI=1S/C22H39N3O4/c1-5-21(27)24(2)17-15-20(26)23-16-13-11-9-7-6-8-10-12-14-18-25(3,4)19-22(28)29/h5,15,17H,1,6-14,16,18-19H2,2-4H3,(H-,23,26,28,29)/p+1. The second-order valence-corrected chi connectivity index (χ2v) is 8.15. The molecule has 0 aliphatic heterocycles. The van der Waals surface area contributed by atoms with Gasteiger partial charge in [-0.3, -0.25) is 9.59 Å². The molecule has 0 fully saturated rings. The zero-order valence-corrected chi connectivity index (χ0v) is 18.5. The minimum Gasteiger partial charge on any atom is -0.477 e. The Kier molecular flexibility index (Phi) is 14.6. The van der Waals surface area contributed by atoms with Crippen molar-refractivity contribution in [1.82, 2.24) is 10.2 Å². The Morgan fingerprint density at radius 2 is 1.48 bits per heavy atom. The Bertz CT molecular complexity index is 544. The zero-order chi connectivity index (χ0) is 22.1. The minimum absolute atomic E-state index is 0.183. The van der Waals surface area contributed by atoms with Crippen LogP contribution in [0.25, 0.3) is 0 Å². The Hall–Kier alpha value is -2.15. The summed E-state index contributed by atoms with van der Waals surface area (Å²) in [7, 11) is 5.51. The fraction of sp³-hybridized carbons (Fsp3) is 0.682. The van der Waals surface area contributed by atoms with Crippen molar-refractivity contribution in [3.05, 3.63) is 24.9 Å². The Morgan fingerprint density at radius 1 is 0.966 bits per heavy atom. The van der Waals surface area contributed by atoms with Gasteiger partial charge in [0.2, 0.25) is 11.8 Å². The van der Waals surface area contributed by atoms with Crippen LogP contribution in [0.1, 0.15) is 57.8 Å². The first-order chi connectivity index (χ1) is 13.7. The SMILES string of the molecule is C=CC(=O)N(C)C=CC(=O)NCCCCCCCCCCC[N+](C)(C)CC(=O)O. The van der Waals surface area contributed by atoms with Gasteiger partial charge in [0.05, 0.1) is 20.6 Å². The van der Waals surface area contributed by atoms with Crippen LogP contribution in [0.2, 0.25) is 0 Å². The Morgan fingerprint density at radius 3 is 2.00 bits per heavy atom. The van der Waals surface area contributed by atoms with Crippen LogP contribution in [0, 0.1) is 0 Å². The second-order valence-electron chi connectivity index (χ2n) is 8.15. The number of aliphatic carboxylic acids is 1. The van der Waals surface area contributed by atoms with Crippen LogP contribution in [0.15, 0.2) is 24.9 Å². The molecule has 0 saturated heterocycles. The van der Waals surface area contributed by atoms with Gasteiger partial charge in [-0.25, -0.2) is 4.79 Å². The fourth-order valence-electron chi connectivity index (χ4n) is 3.01. The first-order valence-electron chi connectivity index (χ1n) is 10.6. The molecule has 7 nitrogen and oxygen atoms in total. The van der Waals surface area contributed by atoms with Gasteiger partial charge in [0.15, 0.2) is 6.54 Å². The predicted molar refractivity (Wildman–Crippen MR) is 116 cm³/mol. The molecule has 0 aromatic carbocycles. The Balaban J connectivity index is 3.51. The summed E-state index contributed by atoms with van der Waals surface area (Å²) in [5.41, 5.74) is 0. The van der Waals surface area contributed by atoms with Crippen molar-refractivity contribution in [1.29, 1.82) is 0 Å². The molecule has 2 N–H and O–H groups in total. The van der Waals surface area contributed by atoms with Gasteiger partial charge in [0, 0.05) is 25.9 Å². The first-order valence-corrected chi connectivity index (χ1v) is 10.6. The van der Waals surface area contributed by atoms with Crippen molar-refractivity contribution in [3.8, 4) is 0 Å². The lowest BCUT2D eigenvalue weighted by Gasteiger charge is -2.27. The summed E-state index contributed by atoms with van der Waals surface area (Å²) in [5.74, 6) is -1.19. The molecular formula is C22H40N3O4+. The molecule has 0 aliphatic carbocycles. The number of nitrogens with zero attached hydrogens (tertiary/aromatic N) is 2. The topological polar surface area (TPSA) is 86.7 Å². The third-order valence-electron chi connectivity index (χ3n) is 4.77. The van der Waals surface area contributed by atoms with Gasteiger partial charge in [-0.1, -0.05) is 45.1 Å². The monoisotopic (exact) mass is 410 g/mol. The highest BCUT2D eigenvalue weighted by Gasteiger charge is 2.18. The van der Waals surface area contributed by atoms with E-state index in [1.54, 1.807) is 7.05 Å². The molecule has 166 valence electrons. The third kappa shape index (κ3) is 16.5. The maximum Gasteiger partial charge on any atom is 0.359 e. The summed E-state index contributed by atoms with van der Waals surface area (Å²) in [4.78, 5) is 35.0. The highest BCUT2D eigenvalue weighted by Crippen LogP contribution is 2.11. The summed E-state index contributed by atoms with van der Waals surface area (Å²) in [5, 5.41) is 11.7. The smallest absolute Gasteiger partial charge is 0.359 e. The van der Waals surface area contributed by atoms with E-state index in [4.69, 9.17) is 5.11 Å². The Labute approximate surface area is 176 Å². The number of likely N-dealkylation sites (N-methyl/N-ethyl adjacent to an activating group) is 2. The predicted octanol–water partition coefficient (Wildman–Crippen LogP) is 2.93. The van der Waals surface area contributed by atoms with E-state index in [1.165, 1.54) is 55.4 Å². The van der Waals surface area contributed by atoms with Crippen molar-refractivity contribution in [2.45, 2.75) is 57.8 Å². The van der Waals surface area contributed by atoms with Crippen LogP contribution >= 0.6 is 0 Å². The van der Waals surface area contributed by atoms with E-state index in [9.17, 15) is 14.4 Å². The molecule has 0 aromatic heterocycles. The number of nitrogens with one attached hydrogen (secondary N) is 1. The van der Waals surface area contributed by atoms with Gasteiger partial charge in [0.1, 0.15) is 0 Å². The maximum atomic E-state index is 11.6. The zero-order valence-electron chi connectivity index (χ0n) is 18.5. The van der Waals surface area contributed by atoms with Gasteiger partial charge in [-0.05, 0) is 25.3 Å². The minimum atomic E-state index is -0.737. The van der Waals surface area contributed by atoms with Crippen LogP contribution in [0.4, 0.5) is 0 Å². The van der Waals surface area contributed by atoms with Gasteiger partial charge in [0.25, 0.3) is 0 Å². The molecule has 29 heavy (non-hydrogen) atoms. The number of carboxylic acid groups (broad SMARTS) is 1. The molecule has 0 saturated carbocycles. The molecule has 0 aliphatic rings. The summed E-state index contributed by atoms with van der Waals surface area (Å²) in [6.07, 6.45) is 14.3. The van der Waals surface area contributed by atoms with E-state index in [-0.39, 0.29) is 18.4 Å². The van der Waals surface area contributed by atoms with Gasteiger partial charge in [-0.15, -0.1) is 0 Å². The number of hydrogen-bond donors (Lipinski definition) is 2. The quantitative estimate of drug-likeness (QED) is 0.219. The lowest BCUT2D eigenvalue weighted by Crippen LogP contribution is -2.44. The normalized spacial score (nSPS) is 11.4. The number of rotatable bonds is 17. The fourth-order valence-corrected chi connectivity index (χ4v) is 3.01. The third-order valence-corrected chi connectivity index (χ3v) is 4.77. The van der Waals surface area contributed by atoms with Crippen molar-refractivity contribution >= 4 is 17.8 Å². The van der Waals surface area contributed by atoms with Crippen LogP contribution < -0.4 is 5.32 Å². The number of carboxylic acids is 1. The number of carbonyl (C=O) groups excluding carboxylic acids is 2. The van der Waals surface area contributed by atoms with Crippen LogP contribution in [-0.4, -0.2) is 73.1 Å². The molecule has 0 spiro atoms. The molecule has 0 heterocycles. The van der Waals surface area contributed by atoms with Gasteiger partial charge in [-0.2, -0.15) is 0 Å². The number of amides is 2. The molecule has 2 amide bonds. The molecule has 0 unspecified atom stereocenters. The van der Waals surface area contributed by atoms with Crippen LogP contribution in [-0.2, 0) is 14.4 Å². The second kappa shape index (κ2) is 15.7. The van der Waals surface area contributed by atoms with Crippen molar-refractivity contribution in [2.75, 3.05) is 40.8 Å². The van der Waals surface area contributed by atoms with Crippen LogP contribution in [0.3, 0.4) is 0 Å². The first kappa shape index (κ1) is 26.9. The van der Waals surface area contributed by atoms with Crippen molar-refractivity contribution < 1.29 is 24.0 Å². The van der Waals surface area contributed by atoms with E-state index >= 15 is 0 Å². The molecule has 7 heteroatoms.